The summed E-state index contributed by atoms with van der Waals surface area (Å²) in [6.07, 6.45) is 0. The summed E-state index contributed by atoms with van der Waals surface area (Å²) in [5, 5.41) is 0. The molecule has 53 valence electrons. The van der Waals surface area contributed by atoms with Crippen LogP contribution in [-0.2, 0) is 30.4 Å². The van der Waals surface area contributed by atoms with Crippen molar-refractivity contribution in [2.75, 3.05) is 21.3 Å². The van der Waals surface area contributed by atoms with Gasteiger partial charge >= 0.3 is 8.60 Å². The van der Waals surface area contributed by atoms with Crippen LogP contribution in [0.1, 0.15) is 0 Å². The molecule has 0 atom stereocenters. The Balaban J connectivity index is 0. The van der Waals surface area contributed by atoms with Crippen molar-refractivity contribution in [3.05, 3.63) is 0 Å². The normalized spacial score (nSPS) is 9.00. The van der Waals surface area contributed by atoms with Crippen molar-refractivity contribution in [1.82, 2.24) is 0 Å². The van der Waals surface area contributed by atoms with E-state index in [0.717, 1.165) is 0 Å². The van der Waals surface area contributed by atoms with Crippen molar-refractivity contribution < 1.29 is 30.4 Å². The Kier molecular flexibility index (Phi) is 11.3. The first-order valence-electron chi connectivity index (χ1n) is 1.77. The Hall–Kier alpha value is 0.816. The average molecular weight is 183 g/mol. The third kappa shape index (κ3) is 4.96. The second kappa shape index (κ2) is 7.82. The Morgan fingerprint density at radius 3 is 1.12 bits per heavy atom. The second-order valence-corrected chi connectivity index (χ2v) is 2.31. The van der Waals surface area contributed by atoms with E-state index in [0.29, 0.717) is 0 Å². The maximum atomic E-state index is 4.67. The van der Waals surface area contributed by atoms with Gasteiger partial charge in [-0.15, -0.1) is 0 Å². The van der Waals surface area contributed by atoms with E-state index in [2.05, 4.69) is 13.6 Å². The summed E-state index contributed by atoms with van der Waals surface area (Å²) in [5.74, 6) is 0. The molecule has 1 radical (unpaired) electrons. The van der Waals surface area contributed by atoms with E-state index in [-0.39, 0.29) is 16.8 Å². The zero-order valence-corrected chi connectivity index (χ0v) is 6.94. The Bertz CT molecular complexity index is 36.0. The minimum atomic E-state index is -1.05. The molecule has 0 spiro atoms. The van der Waals surface area contributed by atoms with Crippen LogP contribution in [-0.4, -0.2) is 21.3 Å². The molecule has 8 heavy (non-hydrogen) atoms. The first kappa shape index (κ1) is 11.6. The fraction of sp³-hybridized carbons (Fsp3) is 1.00. The molecule has 0 amide bonds. The van der Waals surface area contributed by atoms with E-state index in [9.17, 15) is 0 Å². The summed E-state index contributed by atoms with van der Waals surface area (Å²) in [4.78, 5) is 0. The molecule has 5 heteroatoms. The van der Waals surface area contributed by atoms with Gasteiger partial charge in [0.25, 0.3) is 0 Å². The molecule has 0 aromatic rings. The average Bonchev–Trinajstić information content (AvgIpc) is 1.72. The van der Waals surface area contributed by atoms with Gasteiger partial charge in [0.2, 0.25) is 0 Å². The van der Waals surface area contributed by atoms with E-state index < -0.39 is 8.60 Å². The van der Waals surface area contributed by atoms with Crippen molar-refractivity contribution in [1.29, 1.82) is 0 Å². The van der Waals surface area contributed by atoms with E-state index in [4.69, 9.17) is 0 Å². The molecule has 0 aliphatic carbocycles. The monoisotopic (exact) mass is 183 g/mol. The van der Waals surface area contributed by atoms with Gasteiger partial charge in [0.15, 0.2) is 0 Å². The largest absolute Gasteiger partial charge is 0.331 e. The predicted molar refractivity (Wildman–Crippen MR) is 27.9 cm³/mol. The molecule has 0 saturated carbocycles. The predicted octanol–water partition coefficient (Wildman–Crippen LogP) is 1.15. The molecule has 0 aromatic heterocycles. The maximum absolute atomic E-state index is 4.67. The molecule has 0 unspecified atom stereocenters. The van der Waals surface area contributed by atoms with Gasteiger partial charge in [-0.3, -0.25) is 0 Å². The number of hydrogen-bond acceptors (Lipinski definition) is 3. The van der Waals surface area contributed by atoms with Gasteiger partial charge < -0.3 is 13.6 Å². The van der Waals surface area contributed by atoms with E-state index >= 15 is 0 Å². The minimum Gasteiger partial charge on any atom is -0.316 e. The summed E-state index contributed by atoms with van der Waals surface area (Å²) in [6, 6.07) is 0. The fourth-order valence-corrected chi connectivity index (χ4v) is 0.671. The standard InChI is InChI=1S/C3H9O3P.Co/c1-4-7(5-2)6-3;/h1-3H3;. The maximum Gasteiger partial charge on any atom is 0.331 e. The third-order valence-corrected chi connectivity index (χ3v) is 1.34. The van der Waals surface area contributed by atoms with E-state index in [1.54, 1.807) is 21.3 Å². The van der Waals surface area contributed by atoms with Gasteiger partial charge in [0.05, 0.1) is 0 Å². The second-order valence-electron chi connectivity index (χ2n) is 0.771. The third-order valence-electron chi connectivity index (χ3n) is 0.447. The van der Waals surface area contributed by atoms with Gasteiger partial charge in [0.1, 0.15) is 0 Å². The number of hydrogen-bond donors (Lipinski definition) is 0. The van der Waals surface area contributed by atoms with Crippen molar-refractivity contribution in [3.63, 3.8) is 0 Å². The zero-order valence-electron chi connectivity index (χ0n) is 5.01. The van der Waals surface area contributed by atoms with Crippen LogP contribution in [0.4, 0.5) is 0 Å². The van der Waals surface area contributed by atoms with Gasteiger partial charge in [0, 0.05) is 38.1 Å². The summed E-state index contributed by atoms with van der Waals surface area (Å²) >= 11 is 0. The Labute approximate surface area is 60.9 Å². The SMILES string of the molecule is COP(OC)OC.[Co]. The smallest absolute Gasteiger partial charge is 0.316 e. The van der Waals surface area contributed by atoms with Crippen LogP contribution in [0.3, 0.4) is 0 Å². The van der Waals surface area contributed by atoms with Crippen LogP contribution in [0.2, 0.25) is 0 Å². The van der Waals surface area contributed by atoms with Gasteiger partial charge in [-0.25, -0.2) is 0 Å². The van der Waals surface area contributed by atoms with Crippen LogP contribution < -0.4 is 0 Å². The zero-order chi connectivity index (χ0) is 5.70. The molecule has 0 aromatic carbocycles. The Morgan fingerprint density at radius 1 is 0.875 bits per heavy atom. The molecular weight excluding hydrogens is 174 g/mol. The van der Waals surface area contributed by atoms with Crippen LogP contribution in [0.5, 0.6) is 0 Å². The van der Waals surface area contributed by atoms with E-state index in [1.165, 1.54) is 0 Å². The molecular formula is C3H9CoO3P. The molecule has 0 rings (SSSR count). The molecule has 0 aliphatic rings. The first-order valence-corrected chi connectivity index (χ1v) is 2.87. The molecule has 0 heterocycles. The van der Waals surface area contributed by atoms with Gasteiger partial charge in [-0.2, -0.15) is 0 Å². The molecule has 0 saturated heterocycles. The minimum absolute atomic E-state index is 0. The van der Waals surface area contributed by atoms with Crippen LogP contribution in [0.25, 0.3) is 0 Å². The van der Waals surface area contributed by atoms with Crippen LogP contribution in [0, 0.1) is 0 Å². The van der Waals surface area contributed by atoms with Crippen LogP contribution in [0.15, 0.2) is 0 Å². The van der Waals surface area contributed by atoms with Gasteiger partial charge in [-0.1, -0.05) is 0 Å². The summed E-state index contributed by atoms with van der Waals surface area (Å²) in [5.41, 5.74) is 0. The van der Waals surface area contributed by atoms with Crippen molar-refractivity contribution in [3.8, 4) is 0 Å². The van der Waals surface area contributed by atoms with Crippen molar-refractivity contribution in [2.24, 2.45) is 0 Å². The topological polar surface area (TPSA) is 27.7 Å². The van der Waals surface area contributed by atoms with E-state index in [1.807, 2.05) is 0 Å². The van der Waals surface area contributed by atoms with Crippen LogP contribution >= 0.6 is 8.60 Å². The fourth-order valence-electron chi connectivity index (χ4n) is 0.224. The quantitative estimate of drug-likeness (QED) is 0.614. The molecule has 0 aliphatic heterocycles. The Morgan fingerprint density at radius 2 is 1.12 bits per heavy atom. The molecule has 0 fully saturated rings. The first-order chi connectivity index (χ1) is 3.35. The number of rotatable bonds is 3. The van der Waals surface area contributed by atoms with Gasteiger partial charge in [-0.05, 0) is 0 Å². The van der Waals surface area contributed by atoms with Crippen molar-refractivity contribution >= 4 is 8.60 Å². The summed E-state index contributed by atoms with van der Waals surface area (Å²) in [7, 11) is 3.57. The summed E-state index contributed by atoms with van der Waals surface area (Å²) in [6.45, 7) is 0. The molecule has 0 N–H and O–H groups in total. The molecule has 0 bridgehead atoms. The molecule has 3 nitrogen and oxygen atoms in total. The van der Waals surface area contributed by atoms with Crippen molar-refractivity contribution in [2.45, 2.75) is 0 Å². The summed E-state index contributed by atoms with van der Waals surface area (Å²) < 4.78 is 14.0.